The molecule has 132 valence electrons. The molecule has 1 N–H and O–H groups in total. The molecule has 1 aliphatic heterocycles. The highest BCUT2D eigenvalue weighted by Crippen LogP contribution is 2.31. The number of benzene rings is 1. The first-order valence-corrected chi connectivity index (χ1v) is 8.52. The number of rotatable bonds is 3. The van der Waals surface area contributed by atoms with Gasteiger partial charge in [-0.2, -0.15) is 5.10 Å². The van der Waals surface area contributed by atoms with E-state index in [1.54, 1.807) is 12.1 Å². The first kappa shape index (κ1) is 16.5. The average Bonchev–Trinajstić information content (AvgIpc) is 3.10. The van der Waals surface area contributed by atoms with Crippen LogP contribution in [0.2, 0.25) is 5.02 Å². The number of fused-ring (bicyclic) bond motifs is 1. The Balaban J connectivity index is 1.61. The second-order valence-corrected chi connectivity index (χ2v) is 6.42. The van der Waals surface area contributed by atoms with Gasteiger partial charge in [0.2, 0.25) is 0 Å². The summed E-state index contributed by atoms with van der Waals surface area (Å²) in [7, 11) is 1.32. The molecule has 0 saturated heterocycles. The van der Waals surface area contributed by atoms with E-state index in [0.717, 1.165) is 35.5 Å². The number of carbonyl (C=O) groups is 1. The zero-order valence-electron chi connectivity index (χ0n) is 14.1. The molecule has 0 bridgehead atoms. The number of hydrogen-bond acceptors (Lipinski definition) is 6. The summed E-state index contributed by atoms with van der Waals surface area (Å²) in [5, 5.41) is 16.4. The Bertz CT molecular complexity index is 954. The third kappa shape index (κ3) is 3.01. The lowest BCUT2D eigenvalue weighted by molar-refractivity contribution is 0.0592. The highest BCUT2D eigenvalue weighted by molar-refractivity contribution is 6.30. The van der Waals surface area contributed by atoms with Gasteiger partial charge in [-0.05, 0) is 24.3 Å². The van der Waals surface area contributed by atoms with E-state index in [0.29, 0.717) is 17.4 Å². The van der Waals surface area contributed by atoms with Crippen molar-refractivity contribution in [2.75, 3.05) is 18.6 Å². The van der Waals surface area contributed by atoms with E-state index < -0.39 is 5.97 Å². The molecule has 3 heterocycles. The van der Waals surface area contributed by atoms with Crippen molar-refractivity contribution in [2.45, 2.75) is 13.0 Å². The molecule has 0 aliphatic carbocycles. The largest absolute Gasteiger partial charge is 0.464 e. The van der Waals surface area contributed by atoms with Crippen LogP contribution in [-0.2, 0) is 17.7 Å². The number of aromatic amines is 1. The van der Waals surface area contributed by atoms with E-state index in [2.05, 4.69) is 30.0 Å². The smallest absolute Gasteiger partial charge is 0.358 e. The molecule has 0 saturated carbocycles. The normalized spacial score (nSPS) is 13.4. The van der Waals surface area contributed by atoms with Crippen LogP contribution in [0.15, 0.2) is 36.4 Å². The number of carbonyl (C=O) groups excluding carboxylic acids is 1. The van der Waals surface area contributed by atoms with Crippen molar-refractivity contribution in [1.29, 1.82) is 0 Å². The number of nitrogens with one attached hydrogen (secondary N) is 1. The third-order valence-electron chi connectivity index (χ3n) is 4.40. The molecule has 7 nitrogen and oxygen atoms in total. The molecular weight excluding hydrogens is 354 g/mol. The van der Waals surface area contributed by atoms with Crippen LogP contribution in [0.3, 0.4) is 0 Å². The van der Waals surface area contributed by atoms with Gasteiger partial charge in [0.15, 0.2) is 11.5 Å². The van der Waals surface area contributed by atoms with E-state index in [1.165, 1.54) is 7.11 Å². The van der Waals surface area contributed by atoms with Gasteiger partial charge in [0.1, 0.15) is 0 Å². The van der Waals surface area contributed by atoms with E-state index in [1.807, 2.05) is 24.3 Å². The Kier molecular flexibility index (Phi) is 4.30. The number of halogens is 1. The van der Waals surface area contributed by atoms with E-state index in [-0.39, 0.29) is 5.69 Å². The number of ether oxygens (including phenoxy) is 1. The number of hydrogen-bond donors (Lipinski definition) is 1. The monoisotopic (exact) mass is 369 g/mol. The van der Waals surface area contributed by atoms with Gasteiger partial charge in [0, 0.05) is 41.4 Å². The molecule has 1 aliphatic rings. The fourth-order valence-corrected chi connectivity index (χ4v) is 3.26. The summed E-state index contributed by atoms with van der Waals surface area (Å²) < 4.78 is 4.65. The SMILES string of the molecule is COC(=O)c1ccc(N2CCc3[nH]nc(-c4cccc(Cl)c4)c3C2)nn1. The summed E-state index contributed by atoms with van der Waals surface area (Å²) >= 11 is 6.12. The molecule has 0 unspecified atom stereocenters. The molecule has 1 aromatic carbocycles. The summed E-state index contributed by atoms with van der Waals surface area (Å²) in [5.74, 6) is 0.213. The molecular formula is C18H16ClN5O2. The molecule has 26 heavy (non-hydrogen) atoms. The predicted octanol–water partition coefficient (Wildman–Crippen LogP) is 2.87. The number of methoxy groups -OCH3 is 1. The van der Waals surface area contributed by atoms with Gasteiger partial charge in [-0.1, -0.05) is 23.7 Å². The second kappa shape index (κ2) is 6.76. The van der Waals surface area contributed by atoms with Gasteiger partial charge in [-0.25, -0.2) is 4.79 Å². The zero-order valence-corrected chi connectivity index (χ0v) is 14.8. The first-order chi connectivity index (χ1) is 12.7. The van der Waals surface area contributed by atoms with Gasteiger partial charge in [0.25, 0.3) is 0 Å². The summed E-state index contributed by atoms with van der Waals surface area (Å²) in [5.41, 5.74) is 4.31. The summed E-state index contributed by atoms with van der Waals surface area (Å²) in [6.07, 6.45) is 0.823. The van der Waals surface area contributed by atoms with Gasteiger partial charge in [0.05, 0.1) is 12.8 Å². The lowest BCUT2D eigenvalue weighted by atomic mass is 10.0. The van der Waals surface area contributed by atoms with Crippen molar-refractivity contribution in [3.8, 4) is 11.3 Å². The number of H-pyrrole nitrogens is 1. The van der Waals surface area contributed by atoms with Crippen molar-refractivity contribution >= 4 is 23.4 Å². The average molecular weight is 370 g/mol. The van der Waals surface area contributed by atoms with Crippen LogP contribution < -0.4 is 4.90 Å². The molecule has 3 aromatic rings. The minimum atomic E-state index is -0.497. The molecule has 2 aromatic heterocycles. The maximum absolute atomic E-state index is 11.5. The van der Waals surface area contributed by atoms with E-state index in [9.17, 15) is 4.79 Å². The Labute approximate surface area is 155 Å². The maximum atomic E-state index is 11.5. The lowest BCUT2D eigenvalue weighted by Gasteiger charge is -2.27. The topological polar surface area (TPSA) is 84.0 Å². The molecule has 0 atom stereocenters. The van der Waals surface area contributed by atoms with Crippen LogP contribution >= 0.6 is 11.6 Å². The fourth-order valence-electron chi connectivity index (χ4n) is 3.07. The molecule has 0 spiro atoms. The summed E-state index contributed by atoms with van der Waals surface area (Å²) in [4.78, 5) is 13.6. The Morgan fingerprint density at radius 3 is 2.88 bits per heavy atom. The molecule has 0 amide bonds. The van der Waals surface area contributed by atoms with Gasteiger partial charge in [-0.15, -0.1) is 10.2 Å². The predicted molar refractivity (Wildman–Crippen MR) is 97.2 cm³/mol. The lowest BCUT2D eigenvalue weighted by Crippen LogP contribution is -2.31. The molecule has 0 fully saturated rings. The van der Waals surface area contributed by atoms with Crippen molar-refractivity contribution in [2.24, 2.45) is 0 Å². The van der Waals surface area contributed by atoms with Gasteiger partial charge < -0.3 is 9.64 Å². The molecule has 8 heteroatoms. The second-order valence-electron chi connectivity index (χ2n) is 5.98. The highest BCUT2D eigenvalue weighted by atomic mass is 35.5. The number of anilines is 1. The third-order valence-corrected chi connectivity index (χ3v) is 4.64. The fraction of sp³-hybridized carbons (Fsp3) is 0.222. The minimum Gasteiger partial charge on any atom is -0.464 e. The van der Waals surface area contributed by atoms with Crippen LogP contribution in [0.5, 0.6) is 0 Å². The van der Waals surface area contributed by atoms with E-state index >= 15 is 0 Å². The van der Waals surface area contributed by atoms with Crippen molar-refractivity contribution in [3.63, 3.8) is 0 Å². The number of nitrogens with zero attached hydrogens (tertiary/aromatic N) is 4. The summed E-state index contributed by atoms with van der Waals surface area (Å²) in [6.45, 7) is 1.44. The standard InChI is InChI=1S/C18H16ClN5O2/c1-26-18(25)15-5-6-16(22-21-15)24-8-7-14-13(10-24)17(23-20-14)11-3-2-4-12(19)9-11/h2-6,9H,7-8,10H2,1H3,(H,20,23). The van der Waals surface area contributed by atoms with Gasteiger partial charge >= 0.3 is 5.97 Å². The van der Waals surface area contributed by atoms with Crippen molar-refractivity contribution < 1.29 is 9.53 Å². The van der Waals surface area contributed by atoms with Gasteiger partial charge in [-0.3, -0.25) is 5.10 Å². The zero-order chi connectivity index (χ0) is 18.1. The van der Waals surface area contributed by atoms with Crippen LogP contribution in [0.4, 0.5) is 5.82 Å². The number of esters is 1. The first-order valence-electron chi connectivity index (χ1n) is 8.15. The van der Waals surface area contributed by atoms with Crippen molar-refractivity contribution in [3.05, 3.63) is 58.4 Å². The number of aromatic nitrogens is 4. The molecule has 0 radical (unpaired) electrons. The quantitative estimate of drug-likeness (QED) is 0.715. The van der Waals surface area contributed by atoms with Crippen LogP contribution in [0.25, 0.3) is 11.3 Å². The maximum Gasteiger partial charge on any atom is 0.358 e. The van der Waals surface area contributed by atoms with Crippen molar-refractivity contribution in [1.82, 2.24) is 20.4 Å². The van der Waals surface area contributed by atoms with Crippen LogP contribution in [0, 0.1) is 0 Å². The van der Waals surface area contributed by atoms with Crippen LogP contribution in [-0.4, -0.2) is 40.0 Å². The Morgan fingerprint density at radius 1 is 1.27 bits per heavy atom. The Hall–Kier alpha value is -2.93. The van der Waals surface area contributed by atoms with Crippen LogP contribution in [0.1, 0.15) is 21.7 Å². The Morgan fingerprint density at radius 2 is 2.15 bits per heavy atom. The highest BCUT2D eigenvalue weighted by Gasteiger charge is 2.24. The minimum absolute atomic E-state index is 0.192. The van der Waals surface area contributed by atoms with E-state index in [4.69, 9.17) is 11.6 Å². The molecule has 4 rings (SSSR count). The summed E-state index contributed by atoms with van der Waals surface area (Å²) in [6, 6.07) is 11.1.